The van der Waals surface area contributed by atoms with Crippen molar-refractivity contribution >= 4 is 33.9 Å². The molecule has 0 atom stereocenters. The highest BCUT2D eigenvalue weighted by molar-refractivity contribution is 9.10. The first-order chi connectivity index (χ1) is 10.6. The van der Waals surface area contributed by atoms with E-state index in [0.29, 0.717) is 0 Å². The molecule has 22 heavy (non-hydrogen) atoms. The number of rotatable bonds is 5. The van der Waals surface area contributed by atoms with E-state index in [1.807, 2.05) is 34.3 Å². The molecule has 0 saturated heterocycles. The lowest BCUT2D eigenvalue weighted by atomic mass is 10.2. The van der Waals surface area contributed by atoms with Crippen LogP contribution in [0.5, 0.6) is 0 Å². The minimum absolute atomic E-state index is 0.162. The van der Waals surface area contributed by atoms with Crippen LogP contribution in [0.1, 0.15) is 5.56 Å². The van der Waals surface area contributed by atoms with E-state index in [-0.39, 0.29) is 12.4 Å². The van der Waals surface area contributed by atoms with Crippen molar-refractivity contribution < 1.29 is 4.79 Å². The van der Waals surface area contributed by atoms with Gasteiger partial charge in [0.05, 0.1) is 12.8 Å². The van der Waals surface area contributed by atoms with Gasteiger partial charge in [0.1, 0.15) is 0 Å². The van der Waals surface area contributed by atoms with Gasteiger partial charge in [-0.25, -0.2) is 15.3 Å². The molecule has 1 aromatic heterocycles. The molecule has 0 saturated carbocycles. The van der Waals surface area contributed by atoms with Crippen molar-refractivity contribution in [3.05, 3.63) is 55.1 Å². The summed E-state index contributed by atoms with van der Waals surface area (Å²) in [5.41, 5.74) is 1.66. The van der Waals surface area contributed by atoms with Gasteiger partial charge >= 0.3 is 5.69 Å². The summed E-state index contributed by atoms with van der Waals surface area (Å²) >= 11 is 3.35. The van der Waals surface area contributed by atoms with Gasteiger partial charge in [0.15, 0.2) is 0 Å². The van der Waals surface area contributed by atoms with Gasteiger partial charge in [0.2, 0.25) is 5.82 Å². The Balaban J connectivity index is 1.87. The number of nitrogens with one attached hydrogen (secondary N) is 4. The van der Waals surface area contributed by atoms with Crippen LogP contribution in [0.25, 0.3) is 0 Å². The molecule has 114 valence electrons. The second kappa shape index (κ2) is 7.31. The number of H-pyrrole nitrogens is 2. The third kappa shape index (κ3) is 4.38. The standard InChI is InChI=1S/C12H11BrN6O3/c13-8-4-2-1-3-7(8)5-15-17-9(20)6-14-10-11(21)16-12(22)19-18-10/h1-5H,6H2,(H,14,18)(H,17,20)(H2,16,19,21,22). The summed E-state index contributed by atoms with van der Waals surface area (Å²) in [4.78, 5) is 35.6. The summed E-state index contributed by atoms with van der Waals surface area (Å²) in [6.45, 7) is -0.227. The number of carbonyl (C=O) groups is 1. The van der Waals surface area contributed by atoms with Crippen molar-refractivity contribution in [3.8, 4) is 0 Å². The van der Waals surface area contributed by atoms with Crippen LogP contribution in [0.15, 0.2) is 43.4 Å². The molecule has 10 heteroatoms. The number of aromatic nitrogens is 3. The molecule has 2 aromatic rings. The first-order valence-corrected chi connectivity index (χ1v) is 6.85. The number of aromatic amines is 2. The molecule has 0 aliphatic heterocycles. The summed E-state index contributed by atoms with van der Waals surface area (Å²) < 4.78 is 0.843. The van der Waals surface area contributed by atoms with E-state index in [9.17, 15) is 14.4 Å². The summed E-state index contributed by atoms with van der Waals surface area (Å²) in [5.74, 6) is -0.639. The summed E-state index contributed by atoms with van der Waals surface area (Å²) in [6.07, 6.45) is 1.48. The second-order valence-corrected chi connectivity index (χ2v) is 4.88. The molecule has 1 amide bonds. The number of hydrogen-bond acceptors (Lipinski definition) is 6. The molecule has 4 N–H and O–H groups in total. The molecule has 0 fully saturated rings. The molecule has 0 unspecified atom stereocenters. The van der Waals surface area contributed by atoms with Gasteiger partial charge in [-0.15, -0.1) is 5.10 Å². The lowest BCUT2D eigenvalue weighted by Crippen LogP contribution is -2.31. The topological polar surface area (TPSA) is 132 Å². The SMILES string of the molecule is O=C(CNc1n[nH]c(=O)[nH]c1=O)NN=Cc1ccccc1Br. The molecule has 0 radical (unpaired) electrons. The fourth-order valence-electron chi connectivity index (χ4n) is 1.42. The van der Waals surface area contributed by atoms with Crippen molar-refractivity contribution in [2.75, 3.05) is 11.9 Å². The number of hydrogen-bond donors (Lipinski definition) is 4. The van der Waals surface area contributed by atoms with Gasteiger partial charge in [-0.1, -0.05) is 34.1 Å². The van der Waals surface area contributed by atoms with E-state index in [0.717, 1.165) is 10.0 Å². The Morgan fingerprint density at radius 3 is 2.86 bits per heavy atom. The molecule has 9 nitrogen and oxygen atoms in total. The van der Waals surface area contributed by atoms with Gasteiger partial charge < -0.3 is 5.32 Å². The number of halogens is 1. The van der Waals surface area contributed by atoms with Crippen molar-refractivity contribution in [1.82, 2.24) is 20.6 Å². The number of anilines is 1. The molecule has 0 bridgehead atoms. The van der Waals surface area contributed by atoms with E-state index in [1.165, 1.54) is 6.21 Å². The molecule has 0 aliphatic rings. The van der Waals surface area contributed by atoms with Crippen LogP contribution in [0.2, 0.25) is 0 Å². The Bertz CT molecular complexity index is 813. The van der Waals surface area contributed by atoms with Crippen LogP contribution < -0.4 is 22.0 Å². The summed E-state index contributed by atoms with van der Waals surface area (Å²) in [6, 6.07) is 7.36. The summed E-state index contributed by atoms with van der Waals surface area (Å²) in [7, 11) is 0. The third-order valence-corrected chi connectivity index (χ3v) is 3.15. The van der Waals surface area contributed by atoms with Crippen LogP contribution in [-0.2, 0) is 4.79 Å². The van der Waals surface area contributed by atoms with Crippen LogP contribution in [0.4, 0.5) is 5.82 Å². The second-order valence-electron chi connectivity index (χ2n) is 4.02. The van der Waals surface area contributed by atoms with Crippen LogP contribution >= 0.6 is 15.9 Å². The maximum Gasteiger partial charge on any atom is 0.342 e. The molecular weight excluding hydrogens is 356 g/mol. The number of nitrogens with zero attached hydrogens (tertiary/aromatic N) is 2. The zero-order chi connectivity index (χ0) is 15.9. The molecule has 0 aliphatic carbocycles. The maximum atomic E-state index is 11.6. The number of benzene rings is 1. The lowest BCUT2D eigenvalue weighted by Gasteiger charge is -2.02. The highest BCUT2D eigenvalue weighted by Crippen LogP contribution is 2.13. The van der Waals surface area contributed by atoms with Crippen molar-refractivity contribution in [2.24, 2.45) is 5.10 Å². The van der Waals surface area contributed by atoms with Crippen LogP contribution in [-0.4, -0.2) is 33.8 Å². The maximum absolute atomic E-state index is 11.6. The number of amides is 1. The van der Waals surface area contributed by atoms with Crippen molar-refractivity contribution in [3.63, 3.8) is 0 Å². The van der Waals surface area contributed by atoms with E-state index in [1.54, 1.807) is 0 Å². The summed E-state index contributed by atoms with van der Waals surface area (Å²) in [5, 5.41) is 11.8. The highest BCUT2D eigenvalue weighted by atomic mass is 79.9. The predicted octanol–water partition coefficient (Wildman–Crippen LogP) is -0.217. The van der Waals surface area contributed by atoms with Gasteiger partial charge in [-0.3, -0.25) is 14.6 Å². The quantitative estimate of drug-likeness (QED) is 0.429. The normalized spacial score (nSPS) is 10.6. The molecule has 1 heterocycles. The Morgan fingerprint density at radius 1 is 1.36 bits per heavy atom. The molecule has 1 aromatic carbocycles. The van der Waals surface area contributed by atoms with Gasteiger partial charge in [0.25, 0.3) is 11.5 Å². The average molecular weight is 367 g/mol. The van der Waals surface area contributed by atoms with E-state index in [4.69, 9.17) is 0 Å². The Morgan fingerprint density at radius 2 is 2.14 bits per heavy atom. The smallest absolute Gasteiger partial charge is 0.342 e. The Hall–Kier alpha value is -2.75. The zero-order valence-corrected chi connectivity index (χ0v) is 12.7. The third-order valence-electron chi connectivity index (χ3n) is 2.43. The van der Waals surface area contributed by atoms with Crippen LogP contribution in [0, 0.1) is 0 Å². The first kappa shape index (κ1) is 15.6. The Kier molecular flexibility index (Phi) is 5.20. The minimum atomic E-state index is -0.724. The monoisotopic (exact) mass is 366 g/mol. The highest BCUT2D eigenvalue weighted by Gasteiger charge is 2.04. The number of carbonyl (C=O) groups excluding carboxylic acids is 1. The average Bonchev–Trinajstić information content (AvgIpc) is 2.48. The van der Waals surface area contributed by atoms with E-state index >= 15 is 0 Å². The lowest BCUT2D eigenvalue weighted by molar-refractivity contribution is -0.119. The molecule has 2 rings (SSSR count). The molecular formula is C12H11BrN6O3. The van der Waals surface area contributed by atoms with Gasteiger partial charge in [0, 0.05) is 10.0 Å². The largest absolute Gasteiger partial charge is 0.355 e. The fourth-order valence-corrected chi connectivity index (χ4v) is 1.81. The van der Waals surface area contributed by atoms with E-state index in [2.05, 4.69) is 36.9 Å². The van der Waals surface area contributed by atoms with Crippen molar-refractivity contribution in [2.45, 2.75) is 0 Å². The number of hydrazone groups is 1. The Labute approximate surface area is 132 Å². The predicted molar refractivity (Wildman–Crippen MR) is 83.8 cm³/mol. The minimum Gasteiger partial charge on any atom is -0.355 e. The molecule has 0 spiro atoms. The first-order valence-electron chi connectivity index (χ1n) is 6.05. The fraction of sp³-hybridized carbons (Fsp3) is 0.0833. The van der Waals surface area contributed by atoms with Gasteiger partial charge in [-0.05, 0) is 6.07 Å². The van der Waals surface area contributed by atoms with Gasteiger partial charge in [-0.2, -0.15) is 5.10 Å². The van der Waals surface area contributed by atoms with E-state index < -0.39 is 17.2 Å². The van der Waals surface area contributed by atoms with Crippen LogP contribution in [0.3, 0.4) is 0 Å². The zero-order valence-electron chi connectivity index (χ0n) is 11.1. The van der Waals surface area contributed by atoms with Crippen molar-refractivity contribution in [1.29, 1.82) is 0 Å².